The lowest BCUT2D eigenvalue weighted by atomic mass is 10.2. The van der Waals surface area contributed by atoms with Gasteiger partial charge in [-0.05, 0) is 12.1 Å². The zero-order chi connectivity index (χ0) is 14.8. The highest BCUT2D eigenvalue weighted by Gasteiger charge is 2.31. The van der Waals surface area contributed by atoms with E-state index in [1.165, 1.54) is 12.1 Å². The summed E-state index contributed by atoms with van der Waals surface area (Å²) >= 11 is 3.30. The van der Waals surface area contributed by atoms with E-state index in [-0.39, 0.29) is 11.0 Å². The van der Waals surface area contributed by atoms with Gasteiger partial charge in [0.25, 0.3) is 0 Å². The van der Waals surface area contributed by atoms with E-state index in [9.17, 15) is 17.2 Å². The number of sulfone groups is 1. The van der Waals surface area contributed by atoms with Gasteiger partial charge in [-0.15, -0.1) is 0 Å². The normalized spacial score (nSPS) is 20.4. The summed E-state index contributed by atoms with van der Waals surface area (Å²) in [5.74, 6) is -3.42. The van der Waals surface area contributed by atoms with Crippen LogP contribution in [0.15, 0.2) is 29.2 Å². The Balaban J connectivity index is 2.38. The molecule has 20 heavy (non-hydrogen) atoms. The molecule has 0 saturated carbocycles. The van der Waals surface area contributed by atoms with Gasteiger partial charge < -0.3 is 9.64 Å². The first-order valence-electron chi connectivity index (χ1n) is 6.00. The molecule has 0 aliphatic carbocycles. The third-order valence-electron chi connectivity index (χ3n) is 3.06. The number of alkyl halides is 3. The van der Waals surface area contributed by atoms with Crippen molar-refractivity contribution in [1.82, 2.24) is 0 Å². The number of benzene rings is 1. The van der Waals surface area contributed by atoms with Gasteiger partial charge in [0.2, 0.25) is 9.84 Å². The average Bonchev–Trinajstić information content (AvgIpc) is 2.47. The van der Waals surface area contributed by atoms with Crippen LogP contribution in [-0.2, 0) is 14.6 Å². The molecule has 0 aromatic heterocycles. The monoisotopic (exact) mass is 369 g/mol. The average molecular weight is 370 g/mol. The van der Waals surface area contributed by atoms with Gasteiger partial charge in [-0.25, -0.2) is 8.42 Å². The smallest absolute Gasteiger partial charge is 0.341 e. The summed E-state index contributed by atoms with van der Waals surface area (Å²) in [4.78, 5) is 1.44. The standard InChI is InChI=1S/C12H14BrF2NO3S/c13-7-9-8-16(5-6-19-9)10-3-1-2-4-11(10)20(17,18)12(14)15/h1-4,9,12H,5-8H2. The predicted octanol–water partition coefficient (Wildman–Crippen LogP) is 2.28. The molecule has 1 aromatic carbocycles. The molecule has 1 unspecified atom stereocenters. The molecule has 4 nitrogen and oxygen atoms in total. The summed E-state index contributed by atoms with van der Waals surface area (Å²) in [6, 6.07) is 5.85. The Kier molecular flexibility index (Phi) is 4.98. The molecule has 0 N–H and O–H groups in total. The molecular weight excluding hydrogens is 356 g/mol. The maximum absolute atomic E-state index is 12.7. The number of para-hydroxylation sites is 1. The van der Waals surface area contributed by atoms with Gasteiger partial charge in [-0.1, -0.05) is 28.1 Å². The number of nitrogens with zero attached hydrogens (tertiary/aromatic N) is 1. The molecule has 0 bridgehead atoms. The molecule has 1 aliphatic heterocycles. The number of halogens is 3. The van der Waals surface area contributed by atoms with Crippen LogP contribution in [-0.4, -0.2) is 45.3 Å². The van der Waals surface area contributed by atoms with Crippen LogP contribution in [0.4, 0.5) is 14.5 Å². The number of hydrogen-bond acceptors (Lipinski definition) is 4. The first-order valence-corrected chi connectivity index (χ1v) is 8.67. The molecule has 0 radical (unpaired) electrons. The molecule has 112 valence electrons. The SMILES string of the molecule is O=S(=O)(c1ccccc1N1CCOC(CBr)C1)C(F)F. The zero-order valence-corrected chi connectivity index (χ0v) is 12.9. The number of hydrogen-bond donors (Lipinski definition) is 0. The highest BCUT2D eigenvalue weighted by Crippen LogP contribution is 2.30. The first kappa shape index (κ1) is 15.7. The Morgan fingerprint density at radius 3 is 2.75 bits per heavy atom. The molecule has 1 atom stereocenters. The third-order valence-corrected chi connectivity index (χ3v) is 5.21. The fourth-order valence-electron chi connectivity index (χ4n) is 2.09. The molecule has 0 amide bonds. The second kappa shape index (κ2) is 6.36. The van der Waals surface area contributed by atoms with Gasteiger partial charge in [-0.2, -0.15) is 8.78 Å². The van der Waals surface area contributed by atoms with Crippen molar-refractivity contribution in [3.05, 3.63) is 24.3 Å². The third kappa shape index (κ3) is 3.12. The fraction of sp³-hybridized carbons (Fsp3) is 0.500. The van der Waals surface area contributed by atoms with E-state index in [0.29, 0.717) is 30.7 Å². The number of morpholine rings is 1. The molecule has 1 fully saturated rings. The molecule has 1 aliphatic rings. The maximum atomic E-state index is 12.7. The highest BCUT2D eigenvalue weighted by atomic mass is 79.9. The van der Waals surface area contributed by atoms with Crippen LogP contribution < -0.4 is 4.90 Å². The molecule has 0 spiro atoms. The summed E-state index contributed by atoms with van der Waals surface area (Å²) < 4.78 is 54.4. The van der Waals surface area contributed by atoms with Crippen molar-refractivity contribution in [2.45, 2.75) is 16.8 Å². The van der Waals surface area contributed by atoms with Crippen LogP contribution >= 0.6 is 15.9 Å². The molecule has 8 heteroatoms. The number of ether oxygens (including phenoxy) is 1. The fourth-order valence-corrected chi connectivity index (χ4v) is 3.43. The van der Waals surface area contributed by atoms with Crippen LogP contribution in [0.2, 0.25) is 0 Å². The van der Waals surface area contributed by atoms with Crippen molar-refractivity contribution in [2.75, 3.05) is 29.9 Å². The summed E-state index contributed by atoms with van der Waals surface area (Å²) in [6.45, 7) is 1.36. The van der Waals surface area contributed by atoms with E-state index in [1.807, 2.05) is 0 Å². The van der Waals surface area contributed by atoms with Gasteiger partial charge in [0.1, 0.15) is 0 Å². The second-order valence-corrected chi connectivity index (χ2v) is 6.90. The quantitative estimate of drug-likeness (QED) is 0.763. The van der Waals surface area contributed by atoms with E-state index in [0.717, 1.165) is 0 Å². The lowest BCUT2D eigenvalue weighted by Crippen LogP contribution is -2.43. The Labute approximate surface area is 124 Å². The lowest BCUT2D eigenvalue weighted by Gasteiger charge is -2.34. The largest absolute Gasteiger partial charge is 0.374 e. The van der Waals surface area contributed by atoms with E-state index in [2.05, 4.69) is 15.9 Å². The van der Waals surface area contributed by atoms with Crippen molar-refractivity contribution in [3.63, 3.8) is 0 Å². The minimum Gasteiger partial charge on any atom is -0.374 e. The van der Waals surface area contributed by atoms with Gasteiger partial charge >= 0.3 is 5.76 Å². The number of anilines is 1. The minimum atomic E-state index is -4.61. The molecule has 1 aromatic rings. The molecule has 2 rings (SSSR count). The van der Waals surface area contributed by atoms with Crippen molar-refractivity contribution in [1.29, 1.82) is 0 Å². The van der Waals surface area contributed by atoms with Crippen LogP contribution in [0.5, 0.6) is 0 Å². The van der Waals surface area contributed by atoms with Crippen molar-refractivity contribution in [3.8, 4) is 0 Å². The van der Waals surface area contributed by atoms with Crippen LogP contribution in [0.3, 0.4) is 0 Å². The lowest BCUT2D eigenvalue weighted by molar-refractivity contribution is 0.0569. The summed E-state index contributed by atoms with van der Waals surface area (Å²) in [6.07, 6.45) is -0.0916. The summed E-state index contributed by atoms with van der Waals surface area (Å²) in [7, 11) is -4.61. The summed E-state index contributed by atoms with van der Waals surface area (Å²) in [5.41, 5.74) is 0.307. The second-order valence-electron chi connectivity index (χ2n) is 4.37. The van der Waals surface area contributed by atoms with E-state index in [4.69, 9.17) is 4.74 Å². The molecule has 1 saturated heterocycles. The van der Waals surface area contributed by atoms with Crippen molar-refractivity contribution < 1.29 is 21.9 Å². The predicted molar refractivity (Wildman–Crippen MR) is 75.4 cm³/mol. The van der Waals surface area contributed by atoms with E-state index >= 15 is 0 Å². The zero-order valence-electron chi connectivity index (χ0n) is 10.5. The minimum absolute atomic E-state index is 0.0916. The maximum Gasteiger partial charge on any atom is 0.341 e. The van der Waals surface area contributed by atoms with Crippen LogP contribution in [0, 0.1) is 0 Å². The van der Waals surface area contributed by atoms with E-state index < -0.39 is 15.6 Å². The van der Waals surface area contributed by atoms with Crippen molar-refractivity contribution in [2.24, 2.45) is 0 Å². The molecule has 1 heterocycles. The topological polar surface area (TPSA) is 46.6 Å². The van der Waals surface area contributed by atoms with E-state index in [1.54, 1.807) is 17.0 Å². The van der Waals surface area contributed by atoms with Gasteiger partial charge in [0.05, 0.1) is 23.3 Å². The Morgan fingerprint density at radius 1 is 1.40 bits per heavy atom. The van der Waals surface area contributed by atoms with Crippen LogP contribution in [0.1, 0.15) is 0 Å². The first-order chi connectivity index (χ1) is 9.46. The van der Waals surface area contributed by atoms with Gasteiger partial charge in [-0.3, -0.25) is 0 Å². The number of rotatable bonds is 4. The van der Waals surface area contributed by atoms with Gasteiger partial charge in [0.15, 0.2) is 0 Å². The summed E-state index contributed by atoms with van der Waals surface area (Å²) in [5, 5.41) is 0.604. The molecular formula is C12H14BrF2NO3S. The Bertz CT molecular complexity index is 568. The van der Waals surface area contributed by atoms with Gasteiger partial charge in [0, 0.05) is 18.4 Å². The van der Waals surface area contributed by atoms with Crippen molar-refractivity contribution >= 4 is 31.5 Å². The Hall–Kier alpha value is -0.730. The highest BCUT2D eigenvalue weighted by molar-refractivity contribution is 9.09. The van der Waals surface area contributed by atoms with Crippen LogP contribution in [0.25, 0.3) is 0 Å². The Morgan fingerprint density at radius 2 is 2.10 bits per heavy atom.